The molecule has 0 aromatic carbocycles. The first kappa shape index (κ1) is 16.8. The summed E-state index contributed by atoms with van der Waals surface area (Å²) in [6.07, 6.45) is 1.04. The van der Waals surface area contributed by atoms with Crippen LogP contribution >= 0.6 is 0 Å². The molecular formula is C12H17NO6. The molecule has 0 heterocycles. The van der Waals surface area contributed by atoms with Crippen molar-refractivity contribution in [1.82, 2.24) is 0 Å². The highest BCUT2D eigenvalue weighted by Crippen LogP contribution is 2.00. The van der Waals surface area contributed by atoms with Gasteiger partial charge in [-0.15, -0.1) is 0 Å². The van der Waals surface area contributed by atoms with E-state index < -0.39 is 23.6 Å². The lowest BCUT2D eigenvalue weighted by Gasteiger charge is -2.05. The number of hydrogen-bond acceptors (Lipinski definition) is 7. The molecule has 0 aliphatic carbocycles. The number of esters is 3. The highest BCUT2D eigenvalue weighted by Gasteiger charge is 2.23. The standard InChI is InChI=1S/C12H17NO6/c1-5-18-11(15)10(12(16)19-6-2)13-8(3)7-9(14)17-4/h7H,5-6H2,1-4H3/b8-7+. The summed E-state index contributed by atoms with van der Waals surface area (Å²) in [6.45, 7) is 4.82. The van der Waals surface area contributed by atoms with Crippen molar-refractivity contribution in [3.05, 3.63) is 11.8 Å². The van der Waals surface area contributed by atoms with Gasteiger partial charge >= 0.3 is 17.9 Å². The fourth-order valence-electron chi connectivity index (χ4n) is 1.01. The second-order valence-corrected chi connectivity index (χ2v) is 3.21. The highest BCUT2D eigenvalue weighted by atomic mass is 16.6. The van der Waals surface area contributed by atoms with E-state index in [1.807, 2.05) is 0 Å². The van der Waals surface area contributed by atoms with Crippen molar-refractivity contribution in [2.24, 2.45) is 4.99 Å². The van der Waals surface area contributed by atoms with Gasteiger partial charge in [-0.3, -0.25) is 0 Å². The lowest BCUT2D eigenvalue weighted by Crippen LogP contribution is -2.28. The molecule has 0 spiro atoms. The normalized spacial score (nSPS) is 10.4. The van der Waals surface area contributed by atoms with E-state index in [1.165, 1.54) is 14.0 Å². The zero-order valence-corrected chi connectivity index (χ0v) is 11.4. The molecular weight excluding hydrogens is 254 g/mol. The van der Waals surface area contributed by atoms with Crippen LogP contribution in [0.15, 0.2) is 16.8 Å². The Morgan fingerprint density at radius 2 is 1.53 bits per heavy atom. The first-order valence-corrected chi connectivity index (χ1v) is 5.65. The minimum atomic E-state index is -0.904. The van der Waals surface area contributed by atoms with Crippen LogP contribution in [0.4, 0.5) is 0 Å². The van der Waals surface area contributed by atoms with Gasteiger partial charge in [0, 0.05) is 11.8 Å². The Hall–Kier alpha value is -2.18. The van der Waals surface area contributed by atoms with Gasteiger partial charge < -0.3 is 14.2 Å². The number of rotatable bonds is 6. The molecule has 0 aromatic heterocycles. The molecule has 0 aliphatic rings. The third kappa shape index (κ3) is 6.35. The lowest BCUT2D eigenvalue weighted by molar-refractivity contribution is -0.140. The summed E-state index contributed by atoms with van der Waals surface area (Å²) >= 11 is 0. The Kier molecular flexibility index (Phi) is 7.83. The van der Waals surface area contributed by atoms with Gasteiger partial charge in [0.1, 0.15) is 0 Å². The van der Waals surface area contributed by atoms with E-state index in [4.69, 9.17) is 0 Å². The third-order valence-corrected chi connectivity index (χ3v) is 1.75. The predicted octanol–water partition coefficient (Wildman–Crippen LogP) is 0.630. The van der Waals surface area contributed by atoms with E-state index in [0.29, 0.717) is 0 Å². The largest absolute Gasteiger partial charge is 0.466 e. The molecule has 0 saturated heterocycles. The molecule has 0 fully saturated rings. The van der Waals surface area contributed by atoms with E-state index in [1.54, 1.807) is 13.8 Å². The number of hydrogen-bond donors (Lipinski definition) is 0. The van der Waals surface area contributed by atoms with Crippen LogP contribution in [0.3, 0.4) is 0 Å². The summed E-state index contributed by atoms with van der Waals surface area (Å²) in [5, 5.41) is 0. The smallest absolute Gasteiger partial charge is 0.364 e. The summed E-state index contributed by atoms with van der Waals surface area (Å²) in [5.74, 6) is -2.45. The molecule has 0 N–H and O–H groups in total. The molecule has 0 saturated carbocycles. The zero-order chi connectivity index (χ0) is 14.8. The molecule has 0 rings (SSSR count). The van der Waals surface area contributed by atoms with Crippen molar-refractivity contribution in [3.8, 4) is 0 Å². The molecule has 19 heavy (non-hydrogen) atoms. The SMILES string of the molecule is CCOC(=O)C(=N/C(C)=C/C(=O)OC)C(=O)OCC. The van der Waals surface area contributed by atoms with Crippen molar-refractivity contribution in [3.63, 3.8) is 0 Å². The molecule has 0 unspecified atom stereocenters. The summed E-state index contributed by atoms with van der Waals surface area (Å²) in [4.78, 5) is 37.8. The second kappa shape index (κ2) is 8.84. The molecule has 0 aliphatic heterocycles. The number of carbonyl (C=O) groups is 3. The van der Waals surface area contributed by atoms with Gasteiger partial charge in [0.2, 0.25) is 5.71 Å². The van der Waals surface area contributed by atoms with Crippen LogP contribution in [0.25, 0.3) is 0 Å². The van der Waals surface area contributed by atoms with E-state index in [9.17, 15) is 14.4 Å². The van der Waals surface area contributed by atoms with Gasteiger partial charge in [-0.2, -0.15) is 0 Å². The Balaban J connectivity index is 5.22. The average molecular weight is 271 g/mol. The van der Waals surface area contributed by atoms with Crippen LogP contribution in [0.2, 0.25) is 0 Å². The van der Waals surface area contributed by atoms with Gasteiger partial charge in [0.05, 0.1) is 20.3 Å². The van der Waals surface area contributed by atoms with Crippen molar-refractivity contribution >= 4 is 23.6 Å². The lowest BCUT2D eigenvalue weighted by atomic mass is 10.3. The van der Waals surface area contributed by atoms with E-state index in [0.717, 1.165) is 6.08 Å². The number of ether oxygens (including phenoxy) is 3. The molecule has 0 bridgehead atoms. The zero-order valence-electron chi connectivity index (χ0n) is 11.4. The van der Waals surface area contributed by atoms with Crippen molar-refractivity contribution in [1.29, 1.82) is 0 Å². The van der Waals surface area contributed by atoms with Crippen LogP contribution in [0, 0.1) is 0 Å². The van der Waals surface area contributed by atoms with E-state index >= 15 is 0 Å². The van der Waals surface area contributed by atoms with Crippen molar-refractivity contribution < 1.29 is 28.6 Å². The molecule has 106 valence electrons. The quantitative estimate of drug-likeness (QED) is 0.231. The molecule has 0 atom stereocenters. The average Bonchev–Trinajstić information content (AvgIpc) is 2.36. The number of nitrogens with zero attached hydrogens (tertiary/aromatic N) is 1. The van der Waals surface area contributed by atoms with E-state index in [-0.39, 0.29) is 18.9 Å². The summed E-state index contributed by atoms with van der Waals surface area (Å²) in [7, 11) is 1.20. The summed E-state index contributed by atoms with van der Waals surface area (Å²) < 4.78 is 13.8. The minimum absolute atomic E-state index is 0.0943. The first-order chi connectivity index (χ1) is 8.96. The fourth-order valence-corrected chi connectivity index (χ4v) is 1.01. The predicted molar refractivity (Wildman–Crippen MR) is 66.5 cm³/mol. The first-order valence-electron chi connectivity index (χ1n) is 5.65. The molecule has 0 radical (unpaired) electrons. The maximum atomic E-state index is 11.6. The maximum Gasteiger partial charge on any atom is 0.364 e. The monoisotopic (exact) mass is 271 g/mol. The summed E-state index contributed by atoms with van der Waals surface area (Å²) in [5.41, 5.74) is -0.385. The van der Waals surface area contributed by atoms with Gasteiger partial charge in [0.25, 0.3) is 0 Å². The third-order valence-electron chi connectivity index (χ3n) is 1.75. The summed E-state index contributed by atoms with van der Waals surface area (Å²) in [6, 6.07) is 0. The second-order valence-electron chi connectivity index (χ2n) is 3.21. The van der Waals surface area contributed by atoms with Crippen molar-refractivity contribution in [2.75, 3.05) is 20.3 Å². The molecule has 7 heteroatoms. The van der Waals surface area contributed by atoms with Crippen LogP contribution < -0.4 is 0 Å². The Morgan fingerprint density at radius 3 is 1.89 bits per heavy atom. The topological polar surface area (TPSA) is 91.3 Å². The number of allylic oxidation sites excluding steroid dienone is 1. The molecule has 0 aromatic rings. The minimum Gasteiger partial charge on any atom is -0.466 e. The van der Waals surface area contributed by atoms with Gasteiger partial charge in [-0.25, -0.2) is 19.4 Å². The van der Waals surface area contributed by atoms with Crippen LogP contribution in [-0.2, 0) is 28.6 Å². The highest BCUT2D eigenvalue weighted by molar-refractivity contribution is 6.62. The number of methoxy groups -OCH3 is 1. The Labute approximate surface area is 111 Å². The van der Waals surface area contributed by atoms with Crippen LogP contribution in [-0.4, -0.2) is 43.9 Å². The van der Waals surface area contributed by atoms with Gasteiger partial charge in [-0.1, -0.05) is 0 Å². The van der Waals surface area contributed by atoms with Gasteiger partial charge in [0.15, 0.2) is 0 Å². The number of carbonyl (C=O) groups excluding carboxylic acids is 3. The van der Waals surface area contributed by atoms with Crippen LogP contribution in [0.5, 0.6) is 0 Å². The maximum absolute atomic E-state index is 11.6. The van der Waals surface area contributed by atoms with Crippen LogP contribution in [0.1, 0.15) is 20.8 Å². The molecule has 0 amide bonds. The molecule has 7 nitrogen and oxygen atoms in total. The number of aliphatic imine (C=N–C) groups is 1. The Morgan fingerprint density at radius 1 is 1.05 bits per heavy atom. The fraction of sp³-hybridized carbons (Fsp3) is 0.500. The van der Waals surface area contributed by atoms with E-state index in [2.05, 4.69) is 19.2 Å². The Bertz CT molecular complexity index is 390. The van der Waals surface area contributed by atoms with Gasteiger partial charge in [-0.05, 0) is 20.8 Å². The van der Waals surface area contributed by atoms with Crippen molar-refractivity contribution in [2.45, 2.75) is 20.8 Å².